The van der Waals surface area contributed by atoms with Crippen LogP contribution in [-0.2, 0) is 14.8 Å². The monoisotopic (exact) mass is 381 g/mol. The van der Waals surface area contributed by atoms with Crippen molar-refractivity contribution in [3.05, 3.63) is 29.8 Å². The Labute approximate surface area is 157 Å². The van der Waals surface area contributed by atoms with Gasteiger partial charge in [0.05, 0.1) is 4.90 Å². The third kappa shape index (κ3) is 5.79. The van der Waals surface area contributed by atoms with Crippen LogP contribution in [0.4, 0.5) is 0 Å². The number of hydrogen-bond donors (Lipinski definition) is 3. The second-order valence-electron chi connectivity index (χ2n) is 7.70. The van der Waals surface area contributed by atoms with Gasteiger partial charge in [-0.15, -0.1) is 0 Å². The lowest BCUT2D eigenvalue weighted by Gasteiger charge is -2.32. The summed E-state index contributed by atoms with van der Waals surface area (Å²) >= 11 is 0. The third-order valence-corrected chi connectivity index (χ3v) is 6.25. The molecule has 1 aromatic rings. The lowest BCUT2D eigenvalue weighted by Crippen LogP contribution is -2.54. The minimum atomic E-state index is -3.74. The second-order valence-corrected chi connectivity index (χ2v) is 9.42. The standard InChI is InChI=1S/C19H31N3O3S/c1-13(2)11-18(19(23)21-17-9-10-20-12-15(17)4)22-26(24,25)16-7-5-14(3)6-8-16/h5-8,13,15,17-18,20,22H,9-12H2,1-4H3,(H,21,23). The molecule has 0 bridgehead atoms. The highest BCUT2D eigenvalue weighted by atomic mass is 32.2. The van der Waals surface area contributed by atoms with E-state index in [1.165, 1.54) is 0 Å². The zero-order chi connectivity index (χ0) is 19.3. The number of aryl methyl sites for hydroxylation is 1. The molecule has 26 heavy (non-hydrogen) atoms. The van der Waals surface area contributed by atoms with Crippen molar-refractivity contribution in [1.82, 2.24) is 15.4 Å². The first kappa shape index (κ1) is 20.9. The lowest BCUT2D eigenvalue weighted by molar-refractivity contribution is -0.124. The van der Waals surface area contributed by atoms with Gasteiger partial charge in [-0.2, -0.15) is 4.72 Å². The maximum atomic E-state index is 12.8. The molecule has 2 rings (SSSR count). The van der Waals surface area contributed by atoms with Crippen LogP contribution in [-0.4, -0.2) is 39.5 Å². The maximum Gasteiger partial charge on any atom is 0.241 e. The number of piperidine rings is 1. The van der Waals surface area contributed by atoms with Crippen molar-refractivity contribution in [2.45, 2.75) is 57.5 Å². The number of hydrogen-bond acceptors (Lipinski definition) is 4. The van der Waals surface area contributed by atoms with Crippen LogP contribution in [0, 0.1) is 18.8 Å². The fraction of sp³-hybridized carbons (Fsp3) is 0.632. The second kappa shape index (κ2) is 8.97. The largest absolute Gasteiger partial charge is 0.352 e. The topological polar surface area (TPSA) is 87.3 Å². The van der Waals surface area contributed by atoms with Gasteiger partial charge in [-0.05, 0) is 56.8 Å². The van der Waals surface area contributed by atoms with E-state index in [1.807, 2.05) is 20.8 Å². The number of rotatable bonds is 7. The average Bonchev–Trinajstić information content (AvgIpc) is 2.56. The predicted molar refractivity (Wildman–Crippen MR) is 103 cm³/mol. The van der Waals surface area contributed by atoms with Gasteiger partial charge < -0.3 is 10.6 Å². The number of carbonyl (C=O) groups is 1. The smallest absolute Gasteiger partial charge is 0.241 e. The van der Waals surface area contributed by atoms with Crippen molar-refractivity contribution in [2.75, 3.05) is 13.1 Å². The molecule has 7 heteroatoms. The first-order valence-corrected chi connectivity index (χ1v) is 10.8. The molecule has 146 valence electrons. The van der Waals surface area contributed by atoms with E-state index in [-0.39, 0.29) is 22.8 Å². The lowest BCUT2D eigenvalue weighted by atomic mass is 9.94. The van der Waals surface area contributed by atoms with Crippen LogP contribution >= 0.6 is 0 Å². The van der Waals surface area contributed by atoms with Crippen LogP contribution in [0.15, 0.2) is 29.2 Å². The minimum Gasteiger partial charge on any atom is -0.352 e. The Bertz CT molecular complexity index is 701. The number of amides is 1. The molecule has 1 amide bonds. The molecule has 0 aliphatic carbocycles. The Morgan fingerprint density at radius 3 is 2.50 bits per heavy atom. The summed E-state index contributed by atoms with van der Waals surface area (Å²) < 4.78 is 28.0. The Morgan fingerprint density at radius 1 is 1.27 bits per heavy atom. The summed E-state index contributed by atoms with van der Waals surface area (Å²) in [7, 11) is -3.74. The number of benzene rings is 1. The Hall–Kier alpha value is -1.44. The van der Waals surface area contributed by atoms with Crippen molar-refractivity contribution in [1.29, 1.82) is 0 Å². The molecular formula is C19H31N3O3S. The summed E-state index contributed by atoms with van der Waals surface area (Å²) in [6.07, 6.45) is 1.31. The van der Waals surface area contributed by atoms with E-state index in [2.05, 4.69) is 22.3 Å². The molecule has 0 saturated carbocycles. The van der Waals surface area contributed by atoms with Crippen molar-refractivity contribution < 1.29 is 13.2 Å². The molecule has 1 heterocycles. The number of carbonyl (C=O) groups excluding carboxylic acids is 1. The Kier molecular flexibility index (Phi) is 7.20. The zero-order valence-electron chi connectivity index (χ0n) is 16.1. The van der Waals surface area contributed by atoms with E-state index in [0.717, 1.165) is 25.1 Å². The van der Waals surface area contributed by atoms with Crippen molar-refractivity contribution in [3.63, 3.8) is 0 Å². The van der Waals surface area contributed by atoms with Crippen LogP contribution in [0.1, 0.15) is 39.2 Å². The fourth-order valence-corrected chi connectivity index (χ4v) is 4.37. The van der Waals surface area contributed by atoms with Gasteiger partial charge in [0.25, 0.3) is 0 Å². The summed E-state index contributed by atoms with van der Waals surface area (Å²) in [4.78, 5) is 13.0. The van der Waals surface area contributed by atoms with Gasteiger partial charge in [-0.1, -0.05) is 38.5 Å². The molecule has 1 saturated heterocycles. The van der Waals surface area contributed by atoms with E-state index < -0.39 is 16.1 Å². The molecule has 0 radical (unpaired) electrons. The van der Waals surface area contributed by atoms with Gasteiger partial charge in [-0.3, -0.25) is 4.79 Å². The molecule has 1 fully saturated rings. The summed E-state index contributed by atoms with van der Waals surface area (Å²) in [6, 6.07) is 5.94. The molecule has 3 unspecified atom stereocenters. The average molecular weight is 382 g/mol. The molecule has 1 aromatic carbocycles. The molecular weight excluding hydrogens is 350 g/mol. The molecule has 0 aromatic heterocycles. The highest BCUT2D eigenvalue weighted by Gasteiger charge is 2.30. The molecule has 6 nitrogen and oxygen atoms in total. The highest BCUT2D eigenvalue weighted by molar-refractivity contribution is 7.89. The Balaban J connectivity index is 2.12. The minimum absolute atomic E-state index is 0.0716. The van der Waals surface area contributed by atoms with E-state index in [1.54, 1.807) is 24.3 Å². The molecule has 0 spiro atoms. The first-order chi connectivity index (χ1) is 12.2. The predicted octanol–water partition coefficient (Wildman–Crippen LogP) is 1.80. The SMILES string of the molecule is Cc1ccc(S(=O)(=O)NC(CC(C)C)C(=O)NC2CCNCC2C)cc1. The summed E-state index contributed by atoms with van der Waals surface area (Å²) in [5.74, 6) is 0.270. The maximum absolute atomic E-state index is 12.8. The van der Waals surface area contributed by atoms with Gasteiger partial charge in [0.2, 0.25) is 15.9 Å². The van der Waals surface area contributed by atoms with E-state index >= 15 is 0 Å². The fourth-order valence-electron chi connectivity index (χ4n) is 3.16. The van der Waals surface area contributed by atoms with E-state index in [4.69, 9.17) is 0 Å². The quantitative estimate of drug-likeness (QED) is 0.672. The van der Waals surface area contributed by atoms with E-state index in [9.17, 15) is 13.2 Å². The highest BCUT2D eigenvalue weighted by Crippen LogP contribution is 2.15. The van der Waals surface area contributed by atoms with Crippen molar-refractivity contribution >= 4 is 15.9 Å². The first-order valence-electron chi connectivity index (χ1n) is 9.29. The Morgan fingerprint density at radius 2 is 1.92 bits per heavy atom. The van der Waals surface area contributed by atoms with Crippen LogP contribution in [0.5, 0.6) is 0 Å². The molecule has 3 atom stereocenters. The van der Waals surface area contributed by atoms with Gasteiger partial charge in [-0.25, -0.2) is 8.42 Å². The van der Waals surface area contributed by atoms with Gasteiger partial charge >= 0.3 is 0 Å². The van der Waals surface area contributed by atoms with E-state index in [0.29, 0.717) is 12.3 Å². The number of sulfonamides is 1. The molecule has 1 aliphatic heterocycles. The summed E-state index contributed by atoms with van der Waals surface area (Å²) in [5.41, 5.74) is 0.986. The molecule has 3 N–H and O–H groups in total. The van der Waals surface area contributed by atoms with Gasteiger partial charge in [0, 0.05) is 6.04 Å². The molecule has 1 aliphatic rings. The van der Waals surface area contributed by atoms with Crippen LogP contribution in [0.3, 0.4) is 0 Å². The van der Waals surface area contributed by atoms with Crippen molar-refractivity contribution in [2.24, 2.45) is 11.8 Å². The normalized spacial score (nSPS) is 22.2. The third-order valence-electron chi connectivity index (χ3n) is 4.77. The summed E-state index contributed by atoms with van der Waals surface area (Å²) in [6.45, 7) is 9.67. The van der Waals surface area contributed by atoms with Crippen molar-refractivity contribution in [3.8, 4) is 0 Å². The van der Waals surface area contributed by atoms with Gasteiger partial charge in [0.15, 0.2) is 0 Å². The van der Waals surface area contributed by atoms with Gasteiger partial charge in [0.1, 0.15) is 6.04 Å². The number of nitrogens with one attached hydrogen (secondary N) is 3. The van der Waals surface area contributed by atoms with Crippen LogP contribution < -0.4 is 15.4 Å². The summed E-state index contributed by atoms with van der Waals surface area (Å²) in [5, 5.41) is 6.35. The zero-order valence-corrected chi connectivity index (χ0v) is 16.9. The van der Waals surface area contributed by atoms with Crippen LogP contribution in [0.2, 0.25) is 0 Å². The van der Waals surface area contributed by atoms with Crippen LogP contribution in [0.25, 0.3) is 0 Å².